The first-order valence-corrected chi connectivity index (χ1v) is 21.6. The highest BCUT2D eigenvalue weighted by Crippen LogP contribution is 2.46. The third kappa shape index (κ3) is 5.32. The average molecular weight is 771 g/mol. The van der Waals surface area contributed by atoms with Crippen molar-refractivity contribution in [1.29, 1.82) is 0 Å². The van der Waals surface area contributed by atoms with E-state index in [1.807, 2.05) is 22.7 Å². The van der Waals surface area contributed by atoms with E-state index in [-0.39, 0.29) is 12.3 Å². The average Bonchev–Trinajstić information content (AvgIpc) is 3.96. The number of aliphatic imine (C=N–C) groups is 1. The molecule has 4 nitrogen and oxygen atoms in total. The van der Waals surface area contributed by atoms with Gasteiger partial charge in [0, 0.05) is 62.6 Å². The summed E-state index contributed by atoms with van der Waals surface area (Å²) in [5, 5.41) is 14.3. The Hall–Kier alpha value is -6.05. The highest BCUT2D eigenvalue weighted by molar-refractivity contribution is 7.26. The second-order valence-electron chi connectivity index (χ2n) is 15.4. The summed E-state index contributed by atoms with van der Waals surface area (Å²) in [6.07, 6.45) is 4.52. The van der Waals surface area contributed by atoms with Crippen molar-refractivity contribution in [2.45, 2.75) is 38.0 Å². The molecule has 2 unspecified atom stereocenters. The third-order valence-corrected chi connectivity index (χ3v) is 14.5. The van der Waals surface area contributed by atoms with Crippen LogP contribution < -0.4 is 10.6 Å². The predicted molar refractivity (Wildman–Crippen MR) is 242 cm³/mol. The van der Waals surface area contributed by atoms with Crippen LogP contribution >= 0.6 is 22.7 Å². The van der Waals surface area contributed by atoms with Crippen LogP contribution in [0.3, 0.4) is 0 Å². The number of rotatable bonds is 5. The molecule has 0 fully saturated rings. The lowest BCUT2D eigenvalue weighted by atomic mass is 9.95. The highest BCUT2D eigenvalue weighted by Gasteiger charge is 2.28. The topological polar surface area (TPSA) is 41.4 Å². The molecule has 2 atom stereocenters. The summed E-state index contributed by atoms with van der Waals surface area (Å²) >= 11 is 3.81. The Bertz CT molecular complexity index is 3210. The van der Waals surface area contributed by atoms with E-state index in [1.54, 1.807) is 5.56 Å². The molecule has 10 aromatic rings. The number of thiophene rings is 2. The van der Waals surface area contributed by atoms with E-state index in [0.29, 0.717) is 0 Å². The van der Waals surface area contributed by atoms with Crippen LogP contribution in [0.15, 0.2) is 163 Å². The van der Waals surface area contributed by atoms with Gasteiger partial charge in [0.1, 0.15) is 18.2 Å². The summed E-state index contributed by atoms with van der Waals surface area (Å²) in [6.45, 7) is 0. The summed E-state index contributed by atoms with van der Waals surface area (Å²) in [5.41, 5.74) is 11.7. The maximum atomic E-state index is 5.16. The molecule has 0 radical (unpaired) electrons. The molecule has 12 rings (SSSR count). The molecule has 1 aliphatic carbocycles. The molecule has 6 heteroatoms. The van der Waals surface area contributed by atoms with Gasteiger partial charge >= 0.3 is 0 Å². The zero-order valence-electron chi connectivity index (χ0n) is 31.2. The Morgan fingerprint density at radius 2 is 1.33 bits per heavy atom. The second-order valence-corrected chi connectivity index (χ2v) is 17.5. The number of para-hydroxylation sites is 1. The van der Waals surface area contributed by atoms with Gasteiger partial charge in [-0.15, -0.1) is 22.7 Å². The van der Waals surface area contributed by atoms with Gasteiger partial charge in [0.2, 0.25) is 0 Å². The molecular weight excluding hydrogens is 733 g/mol. The SMILES string of the molecule is c1ccc(C2=NC(c3ccccc3)NC(c3cccc4c3sc3ccc(-c5cccc6c5sc5cccc(-n7c8c(c9ccccc97)CCCC8)c56)cc34)N2)cc1. The van der Waals surface area contributed by atoms with Crippen molar-refractivity contribution in [3.63, 3.8) is 0 Å². The van der Waals surface area contributed by atoms with Gasteiger partial charge in [0.05, 0.1) is 11.2 Å². The van der Waals surface area contributed by atoms with Gasteiger partial charge in [-0.25, -0.2) is 4.99 Å². The van der Waals surface area contributed by atoms with Gasteiger partial charge in [0.15, 0.2) is 0 Å². The Balaban J connectivity index is 0.978. The number of hydrogen-bond donors (Lipinski definition) is 2. The second kappa shape index (κ2) is 13.3. The van der Waals surface area contributed by atoms with Gasteiger partial charge in [0.25, 0.3) is 0 Å². The fraction of sp³-hybridized carbons (Fsp3) is 0.118. The van der Waals surface area contributed by atoms with Gasteiger partial charge in [-0.2, -0.15) is 0 Å². The minimum Gasteiger partial charge on any atom is -0.350 e. The zero-order chi connectivity index (χ0) is 37.5. The number of hydrogen-bond acceptors (Lipinski definition) is 5. The summed E-state index contributed by atoms with van der Waals surface area (Å²) in [5.74, 6) is 0.901. The van der Waals surface area contributed by atoms with Crippen molar-refractivity contribution >= 4 is 79.8 Å². The molecule has 274 valence electrons. The Morgan fingerprint density at radius 1 is 0.579 bits per heavy atom. The lowest BCUT2D eigenvalue weighted by Gasteiger charge is -2.32. The Labute approximate surface area is 338 Å². The van der Waals surface area contributed by atoms with Crippen LogP contribution in [-0.4, -0.2) is 10.4 Å². The Morgan fingerprint density at radius 3 is 2.25 bits per heavy atom. The molecule has 4 heterocycles. The number of fused-ring (bicyclic) bond motifs is 9. The van der Waals surface area contributed by atoms with E-state index < -0.39 is 0 Å². The van der Waals surface area contributed by atoms with Crippen LogP contribution in [-0.2, 0) is 12.8 Å². The Kier molecular flexibility index (Phi) is 7.71. The fourth-order valence-corrected chi connectivity index (χ4v) is 12.0. The quantitative estimate of drug-likeness (QED) is 0.183. The van der Waals surface area contributed by atoms with Gasteiger partial charge in [-0.1, -0.05) is 127 Å². The normalized spacial score (nSPS) is 17.0. The fourth-order valence-electron chi connectivity index (χ4n) is 9.50. The van der Waals surface area contributed by atoms with Crippen LogP contribution in [0.2, 0.25) is 0 Å². The first-order chi connectivity index (χ1) is 28.3. The largest absolute Gasteiger partial charge is 0.350 e. The van der Waals surface area contributed by atoms with Crippen molar-refractivity contribution in [3.8, 4) is 16.8 Å². The highest BCUT2D eigenvalue weighted by atomic mass is 32.1. The molecule has 2 aliphatic rings. The summed E-state index contributed by atoms with van der Waals surface area (Å²) in [6, 6.07) is 57.7. The minimum absolute atomic E-state index is 0.122. The first kappa shape index (κ1) is 33.1. The number of nitrogens with one attached hydrogen (secondary N) is 2. The molecule has 0 spiro atoms. The summed E-state index contributed by atoms with van der Waals surface area (Å²) in [4.78, 5) is 5.16. The monoisotopic (exact) mass is 770 g/mol. The van der Waals surface area contributed by atoms with Crippen molar-refractivity contribution in [2.24, 2.45) is 4.99 Å². The van der Waals surface area contributed by atoms with Gasteiger partial charge < -0.3 is 9.88 Å². The van der Waals surface area contributed by atoms with Crippen molar-refractivity contribution < 1.29 is 0 Å². The van der Waals surface area contributed by atoms with Gasteiger partial charge in [-0.05, 0) is 78.3 Å². The molecule has 1 aliphatic heterocycles. The van der Waals surface area contributed by atoms with Crippen LogP contribution in [0.1, 0.15) is 53.1 Å². The molecule has 0 saturated heterocycles. The number of benzene rings is 7. The molecule has 2 N–H and O–H groups in total. The van der Waals surface area contributed by atoms with Crippen LogP contribution in [0.4, 0.5) is 0 Å². The maximum absolute atomic E-state index is 5.16. The number of nitrogens with zero attached hydrogens (tertiary/aromatic N) is 2. The number of aryl methyl sites for hydroxylation is 1. The van der Waals surface area contributed by atoms with Crippen LogP contribution in [0.25, 0.3) is 68.1 Å². The van der Waals surface area contributed by atoms with E-state index in [1.165, 1.54) is 98.6 Å². The smallest absolute Gasteiger partial charge is 0.131 e. The van der Waals surface area contributed by atoms with E-state index in [9.17, 15) is 0 Å². The molecule has 3 aromatic heterocycles. The molecule has 57 heavy (non-hydrogen) atoms. The molecular formula is C51H38N4S2. The van der Waals surface area contributed by atoms with E-state index >= 15 is 0 Å². The van der Waals surface area contributed by atoms with Crippen molar-refractivity contribution in [3.05, 3.63) is 186 Å². The van der Waals surface area contributed by atoms with E-state index in [2.05, 4.69) is 173 Å². The maximum Gasteiger partial charge on any atom is 0.131 e. The van der Waals surface area contributed by atoms with Crippen LogP contribution in [0.5, 0.6) is 0 Å². The van der Waals surface area contributed by atoms with Crippen molar-refractivity contribution in [1.82, 2.24) is 15.2 Å². The number of aromatic nitrogens is 1. The lowest BCUT2D eigenvalue weighted by Crippen LogP contribution is -2.45. The first-order valence-electron chi connectivity index (χ1n) is 20.0. The molecule has 0 amide bonds. The van der Waals surface area contributed by atoms with E-state index in [4.69, 9.17) is 4.99 Å². The van der Waals surface area contributed by atoms with Gasteiger partial charge in [-0.3, -0.25) is 5.32 Å². The molecule has 0 bridgehead atoms. The van der Waals surface area contributed by atoms with E-state index in [0.717, 1.165) is 23.4 Å². The summed E-state index contributed by atoms with van der Waals surface area (Å²) < 4.78 is 7.87. The lowest BCUT2D eigenvalue weighted by molar-refractivity contribution is 0.411. The summed E-state index contributed by atoms with van der Waals surface area (Å²) in [7, 11) is 0. The predicted octanol–water partition coefficient (Wildman–Crippen LogP) is 13.2. The standard InChI is InChI=1S/C51H38N4S2/c1-3-14-31(15-4-1)49-52-50(32-16-5-2-6-17-32)54-51(53-49)39-23-12-21-37-40-30-33(28-29-44(40)56-48(37)39)34-20-11-22-38-46-43(26-13-27-45(46)57-47(34)38)55-41-24-9-7-18-35(41)36-19-8-10-25-42(36)55/h1-7,9,11-18,20-24,26-30,49,51,53H,8,10,19,25H2,(H,52,54). The zero-order valence-corrected chi connectivity index (χ0v) is 32.8. The molecule has 0 saturated carbocycles. The number of amidine groups is 1. The third-order valence-electron chi connectivity index (χ3n) is 12.1. The molecule has 7 aromatic carbocycles. The van der Waals surface area contributed by atoms with Crippen LogP contribution in [0, 0.1) is 0 Å². The minimum atomic E-state index is -0.173. The van der Waals surface area contributed by atoms with Crippen molar-refractivity contribution in [2.75, 3.05) is 0 Å².